The SMILES string of the molecule is BrC1=CC(Br)C(Br)(OC2(Br)C=CC(Br)=CC2Br)C=C1. The number of hydrogen-bond acceptors (Lipinski definition) is 1. The summed E-state index contributed by atoms with van der Waals surface area (Å²) in [5.74, 6) is 0. The molecule has 0 spiro atoms. The normalized spacial score (nSPS) is 42.0. The molecule has 0 bridgehead atoms. The van der Waals surface area contributed by atoms with Crippen molar-refractivity contribution >= 4 is 95.6 Å². The van der Waals surface area contributed by atoms with E-state index in [2.05, 4.69) is 95.6 Å². The second kappa shape index (κ2) is 6.50. The van der Waals surface area contributed by atoms with Crippen LogP contribution in [0.2, 0.25) is 0 Å². The van der Waals surface area contributed by atoms with Crippen LogP contribution in [-0.2, 0) is 4.74 Å². The lowest BCUT2D eigenvalue weighted by Crippen LogP contribution is -2.45. The molecule has 0 saturated carbocycles. The first kappa shape index (κ1) is 17.2. The summed E-state index contributed by atoms with van der Waals surface area (Å²) in [5.41, 5.74) is 0. The molecule has 0 aromatic rings. The van der Waals surface area contributed by atoms with E-state index in [1.165, 1.54) is 0 Å². The van der Waals surface area contributed by atoms with Gasteiger partial charge in [-0.15, -0.1) is 0 Å². The Kier molecular flexibility index (Phi) is 5.87. The molecule has 0 aromatic carbocycles. The van der Waals surface area contributed by atoms with Crippen LogP contribution in [0.15, 0.2) is 45.4 Å². The Morgan fingerprint density at radius 1 is 0.842 bits per heavy atom. The quantitative estimate of drug-likeness (QED) is 0.315. The van der Waals surface area contributed by atoms with Crippen molar-refractivity contribution in [2.75, 3.05) is 0 Å². The lowest BCUT2D eigenvalue weighted by molar-refractivity contribution is 0.0153. The summed E-state index contributed by atoms with van der Waals surface area (Å²) in [5, 5.41) is 0. The van der Waals surface area contributed by atoms with E-state index >= 15 is 0 Å². The van der Waals surface area contributed by atoms with Crippen LogP contribution >= 0.6 is 95.6 Å². The molecule has 19 heavy (non-hydrogen) atoms. The molecular formula is C12H8Br6O. The van der Waals surface area contributed by atoms with Gasteiger partial charge in [0.25, 0.3) is 0 Å². The third kappa shape index (κ3) is 3.96. The molecule has 2 rings (SSSR count). The molecule has 0 aromatic heterocycles. The molecular weight excluding hydrogens is 640 g/mol. The summed E-state index contributed by atoms with van der Waals surface area (Å²) in [6, 6.07) is 0. The maximum absolute atomic E-state index is 6.26. The fourth-order valence-electron chi connectivity index (χ4n) is 1.61. The van der Waals surface area contributed by atoms with E-state index in [-0.39, 0.29) is 9.65 Å². The lowest BCUT2D eigenvalue weighted by Gasteiger charge is -2.40. The Morgan fingerprint density at radius 3 is 1.53 bits per heavy atom. The van der Waals surface area contributed by atoms with Gasteiger partial charge in [-0.2, -0.15) is 0 Å². The number of rotatable bonds is 2. The van der Waals surface area contributed by atoms with E-state index in [0.717, 1.165) is 8.96 Å². The van der Waals surface area contributed by atoms with Crippen molar-refractivity contribution in [3.63, 3.8) is 0 Å². The highest BCUT2D eigenvalue weighted by Gasteiger charge is 2.45. The molecule has 0 aliphatic heterocycles. The molecule has 4 unspecified atom stereocenters. The average molecular weight is 648 g/mol. The van der Waals surface area contributed by atoms with Gasteiger partial charge in [0.1, 0.15) is 0 Å². The maximum atomic E-state index is 6.26. The first-order valence-electron chi connectivity index (χ1n) is 5.24. The second-order valence-corrected chi connectivity index (χ2v) is 10.4. The molecule has 0 heterocycles. The van der Waals surface area contributed by atoms with Gasteiger partial charge in [0.05, 0.1) is 9.65 Å². The van der Waals surface area contributed by atoms with Crippen LogP contribution in [0.1, 0.15) is 0 Å². The third-order valence-corrected chi connectivity index (χ3v) is 8.63. The minimum absolute atomic E-state index is 0.0104. The minimum Gasteiger partial charge on any atom is -0.336 e. The zero-order valence-electron chi connectivity index (χ0n) is 9.29. The summed E-state index contributed by atoms with van der Waals surface area (Å²) in [7, 11) is 0. The van der Waals surface area contributed by atoms with Gasteiger partial charge in [0.2, 0.25) is 0 Å². The highest BCUT2D eigenvalue weighted by molar-refractivity contribution is 9.13. The highest BCUT2D eigenvalue weighted by Crippen LogP contribution is 2.46. The van der Waals surface area contributed by atoms with E-state index in [4.69, 9.17) is 4.74 Å². The molecule has 1 nitrogen and oxygen atoms in total. The first-order chi connectivity index (χ1) is 8.75. The van der Waals surface area contributed by atoms with Crippen LogP contribution < -0.4 is 0 Å². The predicted octanol–water partition coefficient (Wildman–Crippen LogP) is 6.41. The van der Waals surface area contributed by atoms with Crippen LogP contribution in [0, 0.1) is 0 Å². The molecule has 2 aliphatic carbocycles. The Morgan fingerprint density at radius 2 is 1.21 bits per heavy atom. The van der Waals surface area contributed by atoms with E-state index in [9.17, 15) is 0 Å². The van der Waals surface area contributed by atoms with Crippen molar-refractivity contribution in [2.45, 2.75) is 18.7 Å². The van der Waals surface area contributed by atoms with Crippen LogP contribution in [0.4, 0.5) is 0 Å². The van der Waals surface area contributed by atoms with E-state index in [1.54, 1.807) is 0 Å². The average Bonchev–Trinajstić information content (AvgIpc) is 2.31. The summed E-state index contributed by atoms with van der Waals surface area (Å²) < 4.78 is 7.06. The van der Waals surface area contributed by atoms with Crippen molar-refractivity contribution in [3.05, 3.63) is 45.4 Å². The summed E-state index contributed by atoms with van der Waals surface area (Å²) in [6.07, 6.45) is 11.9. The van der Waals surface area contributed by atoms with Crippen LogP contribution in [0.5, 0.6) is 0 Å². The molecule has 0 radical (unpaired) electrons. The monoisotopic (exact) mass is 642 g/mol. The van der Waals surface area contributed by atoms with Crippen LogP contribution in [0.3, 0.4) is 0 Å². The standard InChI is InChI=1S/C12H8Br6O/c13-7-1-3-11(17,9(15)5-7)19-12(18)4-2-8(14)6-10(12)16/h1-6,9-10H. The Hall–Kier alpha value is 1.80. The number of alkyl halides is 4. The van der Waals surface area contributed by atoms with Gasteiger partial charge in [-0.05, 0) is 56.2 Å². The largest absolute Gasteiger partial charge is 0.336 e. The number of allylic oxidation sites excluding steroid dienone is 4. The number of hydrogen-bond donors (Lipinski definition) is 0. The summed E-state index contributed by atoms with van der Waals surface area (Å²) >= 11 is 21.5. The lowest BCUT2D eigenvalue weighted by atomic mass is 10.1. The van der Waals surface area contributed by atoms with Gasteiger partial charge in [-0.1, -0.05) is 75.9 Å². The molecule has 7 heteroatoms. The predicted molar refractivity (Wildman–Crippen MR) is 102 cm³/mol. The minimum atomic E-state index is -0.623. The summed E-state index contributed by atoms with van der Waals surface area (Å²) in [6.45, 7) is 0. The first-order valence-corrected chi connectivity index (χ1v) is 10.2. The molecule has 4 atom stereocenters. The van der Waals surface area contributed by atoms with Crippen molar-refractivity contribution in [1.82, 2.24) is 0 Å². The van der Waals surface area contributed by atoms with E-state index < -0.39 is 9.02 Å². The molecule has 2 aliphatic rings. The van der Waals surface area contributed by atoms with E-state index in [0.29, 0.717) is 0 Å². The Balaban J connectivity index is 2.22. The van der Waals surface area contributed by atoms with Gasteiger partial charge in [-0.25, -0.2) is 0 Å². The molecule has 0 N–H and O–H groups in total. The van der Waals surface area contributed by atoms with Gasteiger partial charge in [0, 0.05) is 8.96 Å². The second-order valence-electron chi connectivity index (χ2n) is 4.07. The smallest absolute Gasteiger partial charge is 0.159 e. The van der Waals surface area contributed by atoms with Gasteiger partial charge >= 0.3 is 0 Å². The third-order valence-electron chi connectivity index (χ3n) is 2.62. The zero-order chi connectivity index (χ0) is 14.3. The fourth-order valence-corrected chi connectivity index (χ4v) is 5.45. The fraction of sp³-hybridized carbons (Fsp3) is 0.333. The number of halogens is 6. The number of ether oxygens (including phenoxy) is 1. The van der Waals surface area contributed by atoms with Gasteiger partial charge in [-0.3, -0.25) is 0 Å². The molecule has 0 amide bonds. The summed E-state index contributed by atoms with van der Waals surface area (Å²) in [4.78, 5) is 0.0208. The van der Waals surface area contributed by atoms with E-state index in [1.807, 2.05) is 36.5 Å². The van der Waals surface area contributed by atoms with Crippen molar-refractivity contribution in [1.29, 1.82) is 0 Å². The van der Waals surface area contributed by atoms with Crippen LogP contribution in [-0.4, -0.2) is 18.7 Å². The van der Waals surface area contributed by atoms with Crippen molar-refractivity contribution in [2.24, 2.45) is 0 Å². The van der Waals surface area contributed by atoms with Crippen molar-refractivity contribution < 1.29 is 4.74 Å². The Bertz CT molecular complexity index is 452. The Labute approximate surface area is 162 Å². The van der Waals surface area contributed by atoms with Crippen molar-refractivity contribution in [3.8, 4) is 0 Å². The van der Waals surface area contributed by atoms with Gasteiger partial charge < -0.3 is 4.74 Å². The van der Waals surface area contributed by atoms with Gasteiger partial charge in [0.15, 0.2) is 9.02 Å². The van der Waals surface area contributed by atoms with Crippen LogP contribution in [0.25, 0.3) is 0 Å². The molecule has 0 fully saturated rings. The maximum Gasteiger partial charge on any atom is 0.159 e. The topological polar surface area (TPSA) is 9.23 Å². The zero-order valence-corrected chi connectivity index (χ0v) is 18.8. The molecule has 0 saturated heterocycles. The molecule has 104 valence electrons. The highest BCUT2D eigenvalue weighted by atomic mass is 79.9.